The van der Waals surface area contributed by atoms with Crippen molar-refractivity contribution in [1.29, 1.82) is 0 Å². The maximum atomic E-state index is 12.9. The average Bonchev–Trinajstić information content (AvgIpc) is 3.16. The first-order valence-corrected chi connectivity index (χ1v) is 12.7. The van der Waals surface area contributed by atoms with Crippen molar-refractivity contribution in [2.75, 3.05) is 9.44 Å². The Kier molecular flexibility index (Phi) is 6.11. The third-order valence-electron chi connectivity index (χ3n) is 4.59. The van der Waals surface area contributed by atoms with E-state index in [9.17, 15) is 16.8 Å². The zero-order chi connectivity index (χ0) is 23.5. The molecule has 0 aliphatic carbocycles. The maximum Gasteiger partial charge on any atom is 0.265 e. The molecule has 0 saturated heterocycles. The molecule has 0 atom stereocenters. The van der Waals surface area contributed by atoms with Crippen LogP contribution in [-0.4, -0.2) is 36.6 Å². The van der Waals surface area contributed by atoms with Crippen molar-refractivity contribution >= 4 is 31.7 Å². The van der Waals surface area contributed by atoms with Gasteiger partial charge >= 0.3 is 0 Å². The summed E-state index contributed by atoms with van der Waals surface area (Å²) in [7, 11) is -7.86. The molecule has 2 aromatic carbocycles. The molecule has 0 radical (unpaired) electrons. The molecule has 2 aromatic heterocycles. The molecule has 0 unspecified atom stereocenters. The van der Waals surface area contributed by atoms with E-state index in [1.165, 1.54) is 42.9 Å². The Labute approximate surface area is 191 Å². The van der Waals surface area contributed by atoms with Gasteiger partial charge in [-0.15, -0.1) is 0 Å². The average molecular weight is 485 g/mol. The summed E-state index contributed by atoms with van der Waals surface area (Å²) in [5.41, 5.74) is 1.55. The van der Waals surface area contributed by atoms with Crippen LogP contribution in [0.15, 0.2) is 89.0 Å². The van der Waals surface area contributed by atoms with Crippen LogP contribution in [0.5, 0.6) is 0 Å². The molecule has 2 heterocycles. The quantitative estimate of drug-likeness (QED) is 0.392. The summed E-state index contributed by atoms with van der Waals surface area (Å²) in [6.07, 6.45) is 4.28. The summed E-state index contributed by atoms with van der Waals surface area (Å²) in [4.78, 5) is 7.62. The predicted octanol–water partition coefficient (Wildman–Crippen LogP) is 2.63. The second-order valence-electron chi connectivity index (χ2n) is 7.07. The number of nitrogens with zero attached hydrogens (tertiary/aromatic N) is 4. The summed E-state index contributed by atoms with van der Waals surface area (Å²) in [5.74, 6) is -0.0646. The van der Waals surface area contributed by atoms with Gasteiger partial charge in [-0.2, -0.15) is 5.10 Å². The highest BCUT2D eigenvalue weighted by atomic mass is 32.2. The van der Waals surface area contributed by atoms with Gasteiger partial charge in [-0.3, -0.25) is 9.40 Å². The Bertz CT molecular complexity index is 1450. The van der Waals surface area contributed by atoms with E-state index < -0.39 is 20.0 Å². The SMILES string of the molecule is Cc1nn(Cc2ccccc2)cc1S(=O)(=O)Nc1ccc(S(=O)(=O)Nc2ncccn2)cc1. The number of benzene rings is 2. The fraction of sp³-hybridized carbons (Fsp3) is 0.0952. The molecule has 4 rings (SSSR count). The normalized spacial score (nSPS) is 11.8. The molecular weight excluding hydrogens is 464 g/mol. The second-order valence-corrected chi connectivity index (χ2v) is 10.4. The van der Waals surface area contributed by atoms with Crippen molar-refractivity contribution in [3.63, 3.8) is 0 Å². The maximum absolute atomic E-state index is 12.9. The smallest absolute Gasteiger partial charge is 0.265 e. The molecule has 0 fully saturated rings. The summed E-state index contributed by atoms with van der Waals surface area (Å²) in [6, 6.07) is 16.4. The van der Waals surface area contributed by atoms with E-state index in [0.717, 1.165) is 5.56 Å². The summed E-state index contributed by atoms with van der Waals surface area (Å²) >= 11 is 0. The fourth-order valence-electron chi connectivity index (χ4n) is 3.06. The van der Waals surface area contributed by atoms with Gasteiger partial charge in [-0.1, -0.05) is 30.3 Å². The van der Waals surface area contributed by atoms with Crippen LogP contribution >= 0.6 is 0 Å². The molecule has 12 heteroatoms. The van der Waals surface area contributed by atoms with Gasteiger partial charge in [-0.05, 0) is 42.8 Å². The number of rotatable bonds is 8. The third kappa shape index (κ3) is 5.35. The number of anilines is 2. The van der Waals surface area contributed by atoms with Gasteiger partial charge in [0.2, 0.25) is 5.95 Å². The van der Waals surface area contributed by atoms with Gasteiger partial charge in [-0.25, -0.2) is 31.5 Å². The molecule has 0 saturated carbocycles. The lowest BCUT2D eigenvalue weighted by atomic mass is 10.2. The first kappa shape index (κ1) is 22.4. The molecule has 33 heavy (non-hydrogen) atoms. The Morgan fingerprint density at radius 1 is 0.818 bits per heavy atom. The lowest BCUT2D eigenvalue weighted by Gasteiger charge is -2.09. The van der Waals surface area contributed by atoms with Crippen molar-refractivity contribution in [3.05, 3.63) is 90.5 Å². The Morgan fingerprint density at radius 2 is 1.48 bits per heavy atom. The predicted molar refractivity (Wildman–Crippen MR) is 123 cm³/mol. The van der Waals surface area contributed by atoms with Crippen LogP contribution in [0.4, 0.5) is 11.6 Å². The van der Waals surface area contributed by atoms with E-state index in [1.54, 1.807) is 17.7 Å². The van der Waals surface area contributed by atoms with Crippen LogP contribution in [0.1, 0.15) is 11.3 Å². The monoisotopic (exact) mass is 484 g/mol. The van der Waals surface area contributed by atoms with Crippen molar-refractivity contribution in [1.82, 2.24) is 19.7 Å². The van der Waals surface area contributed by atoms with Crippen molar-refractivity contribution in [3.8, 4) is 0 Å². The van der Waals surface area contributed by atoms with Crippen molar-refractivity contribution in [2.45, 2.75) is 23.3 Å². The van der Waals surface area contributed by atoms with E-state index in [4.69, 9.17) is 0 Å². The molecule has 0 spiro atoms. The van der Waals surface area contributed by atoms with Crippen LogP contribution in [0.25, 0.3) is 0 Å². The molecule has 4 aromatic rings. The molecular formula is C21H20N6O4S2. The largest absolute Gasteiger partial charge is 0.280 e. The van der Waals surface area contributed by atoms with E-state index in [2.05, 4.69) is 24.5 Å². The lowest BCUT2D eigenvalue weighted by molar-refractivity contribution is 0.599. The van der Waals surface area contributed by atoms with Gasteiger partial charge in [0.25, 0.3) is 20.0 Å². The molecule has 0 amide bonds. The van der Waals surface area contributed by atoms with Gasteiger partial charge in [0.05, 0.1) is 17.1 Å². The zero-order valence-electron chi connectivity index (χ0n) is 17.5. The molecule has 170 valence electrons. The Balaban J connectivity index is 1.49. The number of sulfonamides is 2. The van der Waals surface area contributed by atoms with E-state index in [0.29, 0.717) is 12.2 Å². The second kappa shape index (κ2) is 9.00. The molecule has 10 nitrogen and oxygen atoms in total. The van der Waals surface area contributed by atoms with Gasteiger partial charge in [0.15, 0.2) is 0 Å². The minimum atomic E-state index is -3.93. The highest BCUT2D eigenvalue weighted by Crippen LogP contribution is 2.21. The molecule has 0 aliphatic heterocycles. The van der Waals surface area contributed by atoms with E-state index in [1.807, 2.05) is 30.3 Å². The van der Waals surface area contributed by atoms with Gasteiger partial charge in [0.1, 0.15) is 4.90 Å². The number of hydrogen-bond donors (Lipinski definition) is 2. The van der Waals surface area contributed by atoms with Gasteiger partial charge < -0.3 is 0 Å². The van der Waals surface area contributed by atoms with Crippen LogP contribution < -0.4 is 9.44 Å². The summed E-state index contributed by atoms with van der Waals surface area (Å²) in [5, 5.41) is 4.30. The minimum absolute atomic E-state index is 0.0398. The fourth-order valence-corrected chi connectivity index (χ4v) is 5.26. The van der Waals surface area contributed by atoms with Crippen LogP contribution in [0.3, 0.4) is 0 Å². The Morgan fingerprint density at radius 3 is 2.15 bits per heavy atom. The van der Waals surface area contributed by atoms with E-state index >= 15 is 0 Å². The minimum Gasteiger partial charge on any atom is -0.280 e. The summed E-state index contributed by atoms with van der Waals surface area (Å²) < 4.78 is 57.0. The first-order valence-electron chi connectivity index (χ1n) is 9.74. The van der Waals surface area contributed by atoms with E-state index in [-0.39, 0.29) is 21.4 Å². The Hall–Kier alpha value is -3.77. The van der Waals surface area contributed by atoms with Crippen molar-refractivity contribution in [2.24, 2.45) is 0 Å². The highest BCUT2D eigenvalue weighted by Gasteiger charge is 2.21. The topological polar surface area (TPSA) is 136 Å². The molecule has 0 bridgehead atoms. The lowest BCUT2D eigenvalue weighted by Crippen LogP contribution is -2.16. The summed E-state index contributed by atoms with van der Waals surface area (Å²) in [6.45, 7) is 2.05. The first-order chi connectivity index (χ1) is 15.7. The standard InChI is InChI=1S/C21H20N6O4S2/c1-16-20(15-27(24-16)14-17-6-3-2-4-7-17)33(30,31)25-18-8-10-19(11-9-18)32(28,29)26-21-22-12-5-13-23-21/h2-13,15,25H,14H2,1H3,(H,22,23,26). The third-order valence-corrected chi connectivity index (χ3v) is 7.41. The van der Waals surface area contributed by atoms with Crippen molar-refractivity contribution < 1.29 is 16.8 Å². The zero-order valence-corrected chi connectivity index (χ0v) is 19.1. The highest BCUT2D eigenvalue weighted by molar-refractivity contribution is 7.93. The number of aromatic nitrogens is 4. The number of nitrogens with one attached hydrogen (secondary N) is 2. The molecule has 0 aliphatic rings. The molecule has 2 N–H and O–H groups in total. The van der Waals surface area contributed by atoms with Gasteiger partial charge in [0, 0.05) is 24.3 Å². The van der Waals surface area contributed by atoms with Crippen LogP contribution in [0.2, 0.25) is 0 Å². The van der Waals surface area contributed by atoms with Crippen LogP contribution in [0, 0.1) is 6.92 Å². The number of aryl methyl sites for hydroxylation is 1. The number of hydrogen-bond acceptors (Lipinski definition) is 7. The van der Waals surface area contributed by atoms with Crippen LogP contribution in [-0.2, 0) is 26.6 Å².